The lowest BCUT2D eigenvalue weighted by Crippen LogP contribution is -2.71. The van der Waals surface area contributed by atoms with Crippen LogP contribution in [0.25, 0.3) is 0 Å². The van der Waals surface area contributed by atoms with Gasteiger partial charge in [-0.05, 0) is 6.92 Å². The van der Waals surface area contributed by atoms with E-state index in [0.717, 1.165) is 16.2 Å². The quantitative estimate of drug-likeness (QED) is 0.200. The summed E-state index contributed by atoms with van der Waals surface area (Å²) < 4.78 is 4.89. The van der Waals surface area contributed by atoms with E-state index in [2.05, 4.69) is 15.5 Å². The van der Waals surface area contributed by atoms with Gasteiger partial charge in [-0.1, -0.05) is 5.16 Å². The minimum Gasteiger partial charge on any atom is -0.477 e. The van der Waals surface area contributed by atoms with Crippen molar-refractivity contribution in [2.24, 2.45) is 5.16 Å². The monoisotopic (exact) mass is 469 g/mol. The van der Waals surface area contributed by atoms with Gasteiger partial charge in [-0.3, -0.25) is 19.3 Å². The van der Waals surface area contributed by atoms with Crippen molar-refractivity contribution in [3.63, 3.8) is 0 Å². The largest absolute Gasteiger partial charge is 0.477 e. The van der Waals surface area contributed by atoms with E-state index in [9.17, 15) is 24.3 Å². The van der Waals surface area contributed by atoms with Crippen molar-refractivity contribution in [3.8, 4) is 0 Å². The Labute approximate surface area is 184 Å². The van der Waals surface area contributed by atoms with Crippen LogP contribution in [0.5, 0.6) is 0 Å². The number of rotatable bonds is 8. The van der Waals surface area contributed by atoms with Crippen LogP contribution in [0.15, 0.2) is 21.8 Å². The molecule has 166 valence electrons. The second-order valence-electron chi connectivity index (χ2n) is 6.33. The first kappa shape index (κ1) is 22.6. The van der Waals surface area contributed by atoms with Gasteiger partial charge in [0.05, 0.1) is 0 Å². The number of carbonyl (C=O) groups is 4. The molecule has 0 aliphatic carbocycles. The Morgan fingerprint density at radius 1 is 1.45 bits per heavy atom. The van der Waals surface area contributed by atoms with E-state index in [0.29, 0.717) is 5.57 Å². The minimum absolute atomic E-state index is 0.147. The average molecular weight is 470 g/mol. The third-order valence-corrected chi connectivity index (χ3v) is 6.26. The number of fused-ring (bicyclic) bond motifs is 1. The average Bonchev–Trinajstić information content (AvgIpc) is 3.15. The van der Waals surface area contributed by atoms with Crippen LogP contribution in [0.1, 0.15) is 19.5 Å². The number of nitrogen functional groups attached to an aromatic ring is 1. The molecule has 2 aliphatic heterocycles. The third kappa shape index (κ3) is 4.64. The van der Waals surface area contributed by atoms with Crippen LogP contribution < -0.4 is 11.1 Å². The number of thioether (sulfide) groups is 1. The van der Waals surface area contributed by atoms with E-state index >= 15 is 0 Å². The molecule has 1 aromatic rings. The topological polar surface area (TPSA) is 174 Å². The fraction of sp³-hybridized carbons (Fsp3) is 0.412. The zero-order valence-electron chi connectivity index (χ0n) is 16.5. The Balaban J connectivity index is 1.78. The Bertz CT molecular complexity index is 989. The molecule has 2 aliphatic rings. The minimum atomic E-state index is -1.32. The van der Waals surface area contributed by atoms with Gasteiger partial charge >= 0.3 is 11.9 Å². The molecule has 0 aromatic carbocycles. The van der Waals surface area contributed by atoms with Crippen LogP contribution in [-0.2, 0) is 28.8 Å². The molecule has 1 aromatic heterocycles. The second-order valence-corrected chi connectivity index (χ2v) is 8.32. The molecule has 3 heterocycles. The highest BCUT2D eigenvalue weighted by atomic mass is 32.2. The van der Waals surface area contributed by atoms with Gasteiger partial charge in [-0.25, -0.2) is 9.78 Å². The van der Waals surface area contributed by atoms with Crippen molar-refractivity contribution in [1.82, 2.24) is 15.2 Å². The number of esters is 1. The number of hydrogen-bond acceptors (Lipinski definition) is 11. The van der Waals surface area contributed by atoms with E-state index < -0.39 is 35.2 Å². The number of nitrogens with two attached hydrogens (primary N) is 1. The Hall–Kier alpha value is -3.13. The highest BCUT2D eigenvalue weighted by Crippen LogP contribution is 2.40. The molecule has 4 N–H and O–H groups in total. The van der Waals surface area contributed by atoms with E-state index in [1.54, 1.807) is 6.92 Å². The van der Waals surface area contributed by atoms with Gasteiger partial charge in [-0.2, -0.15) is 0 Å². The fourth-order valence-electron chi connectivity index (χ4n) is 2.92. The number of carboxylic acid groups (broad SMARTS) is 1. The van der Waals surface area contributed by atoms with Crippen LogP contribution >= 0.6 is 23.1 Å². The summed E-state index contributed by atoms with van der Waals surface area (Å²) in [5.41, 5.74) is 5.73. The molecule has 1 fully saturated rings. The van der Waals surface area contributed by atoms with E-state index in [4.69, 9.17) is 15.3 Å². The van der Waals surface area contributed by atoms with Gasteiger partial charge in [0, 0.05) is 23.6 Å². The molecule has 0 bridgehead atoms. The predicted molar refractivity (Wildman–Crippen MR) is 111 cm³/mol. The van der Waals surface area contributed by atoms with Crippen LogP contribution in [0, 0.1) is 0 Å². The molecule has 14 heteroatoms. The highest BCUT2D eigenvalue weighted by molar-refractivity contribution is 8.00. The highest BCUT2D eigenvalue weighted by Gasteiger charge is 2.54. The number of nitrogens with one attached hydrogen (secondary N) is 1. The van der Waals surface area contributed by atoms with E-state index in [1.165, 1.54) is 24.1 Å². The first-order valence-electron chi connectivity index (χ1n) is 9.00. The molecule has 0 saturated carbocycles. The number of aliphatic carboxylic acids is 1. The van der Waals surface area contributed by atoms with Crippen molar-refractivity contribution >= 4 is 57.7 Å². The van der Waals surface area contributed by atoms with Crippen LogP contribution in [0.2, 0.25) is 0 Å². The second kappa shape index (κ2) is 9.34. The first-order chi connectivity index (χ1) is 14.7. The van der Waals surface area contributed by atoms with Gasteiger partial charge < -0.3 is 25.7 Å². The number of carbonyl (C=O) groups excluding carboxylic acids is 3. The maximum atomic E-state index is 12.8. The molecule has 0 radical (unpaired) electrons. The summed E-state index contributed by atoms with van der Waals surface area (Å²) in [5, 5.41) is 17.1. The lowest BCUT2D eigenvalue weighted by atomic mass is 10.0. The van der Waals surface area contributed by atoms with Gasteiger partial charge in [0.2, 0.25) is 0 Å². The predicted octanol–water partition coefficient (Wildman–Crippen LogP) is -0.232. The van der Waals surface area contributed by atoms with Crippen molar-refractivity contribution in [2.75, 3.05) is 24.7 Å². The number of carboxylic acids is 1. The van der Waals surface area contributed by atoms with Gasteiger partial charge in [-0.15, -0.1) is 23.1 Å². The summed E-state index contributed by atoms with van der Waals surface area (Å²) >= 11 is 2.37. The van der Waals surface area contributed by atoms with Crippen molar-refractivity contribution in [1.29, 1.82) is 0 Å². The normalized spacial score (nSPS) is 20.6. The number of ether oxygens (including phenoxy) is 1. The number of amides is 2. The van der Waals surface area contributed by atoms with Crippen LogP contribution in [0.3, 0.4) is 0 Å². The summed E-state index contributed by atoms with van der Waals surface area (Å²) in [6.07, 6.45) is 0. The molecule has 0 spiro atoms. The number of oxime groups is 1. The van der Waals surface area contributed by atoms with Crippen molar-refractivity contribution in [2.45, 2.75) is 25.3 Å². The molecule has 12 nitrogen and oxygen atoms in total. The summed E-state index contributed by atoms with van der Waals surface area (Å²) in [7, 11) is 0. The van der Waals surface area contributed by atoms with Crippen LogP contribution in [-0.4, -0.2) is 74.8 Å². The number of β-lactam (4-membered cyclic amide) rings is 1. The molecule has 2 unspecified atom stereocenters. The first-order valence-corrected chi connectivity index (χ1v) is 10.9. The number of nitrogens with zero attached hydrogens (tertiary/aromatic N) is 3. The zero-order valence-corrected chi connectivity index (χ0v) is 18.1. The maximum Gasteiger partial charge on any atom is 0.352 e. The maximum absolute atomic E-state index is 12.8. The fourth-order valence-corrected chi connectivity index (χ4v) is 4.80. The number of anilines is 1. The number of aromatic nitrogens is 1. The summed E-state index contributed by atoms with van der Waals surface area (Å²) in [4.78, 5) is 58.3. The molecule has 2 amide bonds. The summed E-state index contributed by atoms with van der Waals surface area (Å²) in [6, 6.07) is -0.968. The lowest BCUT2D eigenvalue weighted by molar-refractivity contribution is -0.150. The third-order valence-electron chi connectivity index (χ3n) is 4.25. The lowest BCUT2D eigenvalue weighted by Gasteiger charge is -2.49. The van der Waals surface area contributed by atoms with E-state index in [-0.39, 0.29) is 41.2 Å². The molecule has 1 saturated heterocycles. The van der Waals surface area contributed by atoms with Gasteiger partial charge in [0.25, 0.3) is 11.8 Å². The van der Waals surface area contributed by atoms with Crippen molar-refractivity contribution < 1.29 is 33.9 Å². The molecule has 2 atom stereocenters. The number of hydrogen-bond donors (Lipinski definition) is 3. The summed E-state index contributed by atoms with van der Waals surface area (Å²) in [6.45, 7) is 2.88. The molecule has 31 heavy (non-hydrogen) atoms. The standard InChI is InChI=1S/C17H19N5O7S2/c1-3-29-21-10(9-6-31-17(18)19-9)13(24)20-11-14(25)22-12(16(26)27)8(4-28-7(2)23)5-30-15(11)22/h6,11,15H,3-5H2,1-2H3,(H2,18,19)(H,20,24)(H,26,27)/b21-10-. The molecule has 3 rings (SSSR count). The van der Waals surface area contributed by atoms with Crippen LogP contribution in [0.4, 0.5) is 5.13 Å². The molecular formula is C17H19N5O7S2. The SMILES string of the molecule is CCO/N=C(\C(=O)NC1C(=O)N2C(C(=O)O)=C(COC(C)=O)CSC12)c1csc(N)n1. The Kier molecular flexibility index (Phi) is 6.80. The Morgan fingerprint density at radius 2 is 2.19 bits per heavy atom. The Morgan fingerprint density at radius 3 is 2.77 bits per heavy atom. The zero-order chi connectivity index (χ0) is 22.7. The van der Waals surface area contributed by atoms with Crippen molar-refractivity contribution in [3.05, 3.63) is 22.3 Å². The smallest absolute Gasteiger partial charge is 0.352 e. The summed E-state index contributed by atoms with van der Waals surface area (Å²) in [5.74, 6) is -2.96. The van der Waals surface area contributed by atoms with Gasteiger partial charge in [0.15, 0.2) is 10.8 Å². The molecular weight excluding hydrogens is 450 g/mol. The number of thiazole rings is 1. The van der Waals surface area contributed by atoms with Gasteiger partial charge in [0.1, 0.15) is 36.0 Å². The van der Waals surface area contributed by atoms with E-state index in [1.807, 2.05) is 0 Å².